The van der Waals surface area contributed by atoms with Gasteiger partial charge in [-0.25, -0.2) is 0 Å². The van der Waals surface area contributed by atoms with E-state index in [1.807, 2.05) is 30.3 Å². The summed E-state index contributed by atoms with van der Waals surface area (Å²) in [4.78, 5) is 13.4. The number of hydrogen-bond acceptors (Lipinski definition) is 3. The fraction of sp³-hybridized carbons (Fsp3) is 0.500. The molecule has 0 bridgehead atoms. The van der Waals surface area contributed by atoms with E-state index in [-0.39, 0.29) is 12.5 Å². The number of hydrogen-bond donors (Lipinski definition) is 0. The normalized spacial score (nSPS) is 25.0. The second kappa shape index (κ2) is 5.50. The molecule has 1 aromatic carbocycles. The Morgan fingerprint density at radius 1 is 1.39 bits per heavy atom. The summed E-state index contributed by atoms with van der Waals surface area (Å²) < 4.78 is 11.2. The first-order valence-electron chi connectivity index (χ1n) is 6.10. The van der Waals surface area contributed by atoms with Crippen LogP contribution >= 0.6 is 0 Å². The Morgan fingerprint density at radius 2 is 2.11 bits per heavy atom. The molecule has 1 aliphatic heterocycles. The number of ether oxygens (including phenoxy) is 2. The lowest BCUT2D eigenvalue weighted by Gasteiger charge is -2.31. The van der Waals surface area contributed by atoms with E-state index < -0.39 is 5.60 Å². The fourth-order valence-corrected chi connectivity index (χ4v) is 2.26. The largest absolute Gasteiger partial charge is 0.381 e. The standard InChI is InChI=1S/C14H19NO3/c1-15-9-8-14(11-17-2,18-10-13(15)16)12-6-4-3-5-7-12/h3-7H,8-11H2,1-2H3. The second-order valence-corrected chi connectivity index (χ2v) is 4.65. The fourth-order valence-electron chi connectivity index (χ4n) is 2.26. The maximum Gasteiger partial charge on any atom is 0.248 e. The van der Waals surface area contributed by atoms with Gasteiger partial charge in [0.2, 0.25) is 5.91 Å². The Morgan fingerprint density at radius 3 is 2.78 bits per heavy atom. The molecule has 0 N–H and O–H groups in total. The number of nitrogens with zero attached hydrogens (tertiary/aromatic N) is 1. The van der Waals surface area contributed by atoms with Crippen LogP contribution in [0.3, 0.4) is 0 Å². The van der Waals surface area contributed by atoms with Crippen molar-refractivity contribution in [3.05, 3.63) is 35.9 Å². The zero-order chi connectivity index (χ0) is 13.0. The molecule has 0 aromatic heterocycles. The quantitative estimate of drug-likeness (QED) is 0.813. The van der Waals surface area contributed by atoms with Crippen LogP contribution in [0.25, 0.3) is 0 Å². The Bertz CT molecular complexity index is 407. The number of amides is 1. The minimum Gasteiger partial charge on any atom is -0.381 e. The Kier molecular flexibility index (Phi) is 3.99. The molecule has 1 unspecified atom stereocenters. The average molecular weight is 249 g/mol. The first kappa shape index (κ1) is 13.1. The molecule has 1 saturated heterocycles. The molecule has 18 heavy (non-hydrogen) atoms. The van der Waals surface area contributed by atoms with Gasteiger partial charge in [-0.1, -0.05) is 30.3 Å². The van der Waals surface area contributed by atoms with E-state index in [1.165, 1.54) is 0 Å². The smallest absolute Gasteiger partial charge is 0.248 e. The molecule has 1 aromatic rings. The predicted molar refractivity (Wildman–Crippen MR) is 68.2 cm³/mol. The van der Waals surface area contributed by atoms with Crippen molar-refractivity contribution in [2.75, 3.05) is 33.9 Å². The molecule has 0 radical (unpaired) electrons. The summed E-state index contributed by atoms with van der Waals surface area (Å²) >= 11 is 0. The minimum atomic E-state index is -0.517. The predicted octanol–water partition coefficient (Wildman–Crippen LogP) is 1.41. The SMILES string of the molecule is COCC1(c2ccccc2)CCN(C)C(=O)CO1. The van der Waals surface area contributed by atoms with Gasteiger partial charge < -0.3 is 14.4 Å². The van der Waals surface area contributed by atoms with Crippen LogP contribution in [0, 0.1) is 0 Å². The molecule has 98 valence electrons. The van der Waals surface area contributed by atoms with Crippen LogP contribution in [0.2, 0.25) is 0 Å². The first-order chi connectivity index (χ1) is 8.68. The van der Waals surface area contributed by atoms with E-state index in [0.29, 0.717) is 13.2 Å². The molecule has 0 aliphatic carbocycles. The highest BCUT2D eigenvalue weighted by Gasteiger charge is 2.37. The van der Waals surface area contributed by atoms with Crippen molar-refractivity contribution >= 4 is 5.91 Å². The molecule has 4 heteroatoms. The molecule has 0 saturated carbocycles. The van der Waals surface area contributed by atoms with Gasteiger partial charge in [0.15, 0.2) is 0 Å². The van der Waals surface area contributed by atoms with Gasteiger partial charge in [0, 0.05) is 27.1 Å². The maximum absolute atomic E-state index is 11.7. The van der Waals surface area contributed by atoms with Crippen molar-refractivity contribution in [1.82, 2.24) is 4.90 Å². The van der Waals surface area contributed by atoms with Crippen molar-refractivity contribution in [3.8, 4) is 0 Å². The van der Waals surface area contributed by atoms with Gasteiger partial charge in [0.05, 0.1) is 6.61 Å². The average Bonchev–Trinajstić information content (AvgIpc) is 2.55. The van der Waals surface area contributed by atoms with E-state index >= 15 is 0 Å². The summed E-state index contributed by atoms with van der Waals surface area (Å²) in [6.07, 6.45) is 0.743. The number of rotatable bonds is 3. The molecule has 0 spiro atoms. The van der Waals surface area contributed by atoms with Gasteiger partial charge in [0.25, 0.3) is 0 Å². The summed E-state index contributed by atoms with van der Waals surface area (Å²) in [6, 6.07) is 9.97. The van der Waals surface area contributed by atoms with Crippen LogP contribution in [0.1, 0.15) is 12.0 Å². The van der Waals surface area contributed by atoms with Gasteiger partial charge in [-0.15, -0.1) is 0 Å². The number of likely N-dealkylation sites (N-methyl/N-ethyl adjacent to an activating group) is 1. The highest BCUT2D eigenvalue weighted by Crippen LogP contribution is 2.32. The van der Waals surface area contributed by atoms with Crippen LogP contribution < -0.4 is 0 Å². The lowest BCUT2D eigenvalue weighted by Crippen LogP contribution is -2.35. The summed E-state index contributed by atoms with van der Waals surface area (Å²) in [5, 5.41) is 0. The van der Waals surface area contributed by atoms with Crippen LogP contribution in [0.15, 0.2) is 30.3 Å². The zero-order valence-corrected chi connectivity index (χ0v) is 10.9. The van der Waals surface area contributed by atoms with E-state index in [0.717, 1.165) is 12.0 Å². The third-order valence-electron chi connectivity index (χ3n) is 3.43. The Labute approximate surface area is 107 Å². The van der Waals surface area contributed by atoms with Crippen molar-refractivity contribution < 1.29 is 14.3 Å². The van der Waals surface area contributed by atoms with Gasteiger partial charge in [-0.2, -0.15) is 0 Å². The van der Waals surface area contributed by atoms with E-state index in [2.05, 4.69) is 0 Å². The van der Waals surface area contributed by atoms with Crippen LogP contribution in [0.5, 0.6) is 0 Å². The first-order valence-corrected chi connectivity index (χ1v) is 6.10. The third kappa shape index (κ3) is 2.54. The van der Waals surface area contributed by atoms with Crippen LogP contribution in [-0.4, -0.2) is 44.7 Å². The molecular formula is C14H19NO3. The number of benzene rings is 1. The van der Waals surface area contributed by atoms with Crippen molar-refractivity contribution in [1.29, 1.82) is 0 Å². The van der Waals surface area contributed by atoms with Gasteiger partial charge >= 0.3 is 0 Å². The maximum atomic E-state index is 11.7. The molecule has 4 nitrogen and oxygen atoms in total. The van der Waals surface area contributed by atoms with Crippen molar-refractivity contribution in [2.24, 2.45) is 0 Å². The van der Waals surface area contributed by atoms with Gasteiger partial charge in [0.1, 0.15) is 12.2 Å². The Hall–Kier alpha value is -1.39. The lowest BCUT2D eigenvalue weighted by atomic mass is 9.91. The molecule has 2 rings (SSSR count). The summed E-state index contributed by atoms with van der Waals surface area (Å²) in [6.45, 7) is 1.24. The van der Waals surface area contributed by atoms with E-state index in [9.17, 15) is 4.79 Å². The molecule has 1 heterocycles. The van der Waals surface area contributed by atoms with Gasteiger partial charge in [-0.05, 0) is 5.56 Å². The number of carbonyl (C=O) groups is 1. The summed E-state index contributed by atoms with van der Waals surface area (Å²) in [5.41, 5.74) is 0.547. The zero-order valence-electron chi connectivity index (χ0n) is 10.9. The number of methoxy groups -OCH3 is 1. The Balaban J connectivity index is 2.30. The second-order valence-electron chi connectivity index (χ2n) is 4.65. The topological polar surface area (TPSA) is 38.8 Å². The monoisotopic (exact) mass is 249 g/mol. The highest BCUT2D eigenvalue weighted by molar-refractivity contribution is 5.77. The van der Waals surface area contributed by atoms with Crippen LogP contribution in [-0.2, 0) is 19.9 Å². The minimum absolute atomic E-state index is 0.0175. The lowest BCUT2D eigenvalue weighted by molar-refractivity contribution is -0.140. The summed E-state index contributed by atoms with van der Waals surface area (Å²) in [7, 11) is 3.46. The molecule has 1 aliphatic rings. The molecule has 1 amide bonds. The van der Waals surface area contributed by atoms with Crippen LogP contribution in [0.4, 0.5) is 0 Å². The molecule has 1 atom stereocenters. The van der Waals surface area contributed by atoms with Crippen molar-refractivity contribution in [2.45, 2.75) is 12.0 Å². The number of carbonyl (C=O) groups excluding carboxylic acids is 1. The third-order valence-corrected chi connectivity index (χ3v) is 3.43. The summed E-state index contributed by atoms with van der Waals surface area (Å²) in [5.74, 6) is 0.0175. The van der Waals surface area contributed by atoms with Gasteiger partial charge in [-0.3, -0.25) is 4.79 Å². The molecular weight excluding hydrogens is 230 g/mol. The van der Waals surface area contributed by atoms with E-state index in [1.54, 1.807) is 19.1 Å². The van der Waals surface area contributed by atoms with E-state index in [4.69, 9.17) is 9.47 Å². The molecule has 1 fully saturated rings. The van der Waals surface area contributed by atoms with Crippen molar-refractivity contribution in [3.63, 3.8) is 0 Å². The highest BCUT2D eigenvalue weighted by atomic mass is 16.5.